The van der Waals surface area contributed by atoms with Gasteiger partial charge in [0.2, 0.25) is 17.1 Å². The van der Waals surface area contributed by atoms with Crippen LogP contribution < -0.4 is 16.6 Å². The third-order valence-electron chi connectivity index (χ3n) is 14.2. The molecule has 0 spiro atoms. The molecule has 3 aliphatic rings. The van der Waals surface area contributed by atoms with Crippen LogP contribution in [-0.2, 0) is 54.4 Å². The maximum absolute atomic E-state index is 14.0. The molecular weight excluding hydrogens is 999 g/mol. The summed E-state index contributed by atoms with van der Waals surface area (Å²) in [4.78, 5) is 76.7. The minimum absolute atomic E-state index is 0.0269. The van der Waals surface area contributed by atoms with E-state index >= 15 is 0 Å². The van der Waals surface area contributed by atoms with Crippen LogP contribution in [0.15, 0.2) is 47.8 Å². The van der Waals surface area contributed by atoms with Gasteiger partial charge in [0.15, 0.2) is 57.3 Å². The number of nitrogen functional groups attached to an aromatic ring is 1. The lowest BCUT2D eigenvalue weighted by molar-refractivity contribution is -0.118. The van der Waals surface area contributed by atoms with Gasteiger partial charge < -0.3 is 42.7 Å². The summed E-state index contributed by atoms with van der Waals surface area (Å²) in [5.41, 5.74) is 5.48. The number of anilines is 2. The Morgan fingerprint density at radius 1 is 0.971 bits per heavy atom. The SMILES string of the molecule is CC(C)C(=O)Nc1nc2c(ncn2[C@@H]2O[C@H](COP(O)(=S)OC3C4CC4(n4cnc5c(N)nc(Cl)nc54)O[C@@H]3CO[Si](C)(C)C(C)(C)C)C(O[Si](C)(C)C(C)(C)C)C2OC(=O)c2ccccc2)c(=O)[nH]1. The number of ether oxygens (including phenoxy) is 3. The number of hydrogen-bond acceptors (Lipinski definition) is 17. The van der Waals surface area contributed by atoms with E-state index in [4.69, 9.17) is 61.3 Å². The molecule has 1 aliphatic carbocycles. The largest absolute Gasteiger partial charge is 0.451 e. The first kappa shape index (κ1) is 52.3. The molecule has 21 nitrogen and oxygen atoms in total. The summed E-state index contributed by atoms with van der Waals surface area (Å²) in [5.74, 6) is -1.85. The highest BCUT2D eigenvalue weighted by Gasteiger charge is 2.71. The Morgan fingerprint density at radius 3 is 2.30 bits per heavy atom. The Kier molecular flexibility index (Phi) is 14.0. The van der Waals surface area contributed by atoms with E-state index in [1.165, 1.54) is 10.9 Å². The molecule has 2 saturated heterocycles. The Balaban J connectivity index is 1.13. The van der Waals surface area contributed by atoms with Crippen molar-refractivity contribution in [2.24, 2.45) is 11.8 Å². The Morgan fingerprint density at radius 2 is 1.64 bits per heavy atom. The number of fused-ring (bicyclic) bond motifs is 3. The first-order chi connectivity index (χ1) is 32.5. The molecule has 70 heavy (non-hydrogen) atoms. The quantitative estimate of drug-likeness (QED) is 0.0335. The van der Waals surface area contributed by atoms with Crippen LogP contribution in [0.25, 0.3) is 22.3 Å². The van der Waals surface area contributed by atoms with Crippen molar-refractivity contribution in [1.82, 2.24) is 39.0 Å². The summed E-state index contributed by atoms with van der Waals surface area (Å²) in [7, 11) is -5.08. The fourth-order valence-electron chi connectivity index (χ4n) is 8.04. The van der Waals surface area contributed by atoms with Gasteiger partial charge in [-0.2, -0.15) is 15.0 Å². The number of halogens is 1. The monoisotopic (exact) mass is 1060 g/mol. The van der Waals surface area contributed by atoms with Gasteiger partial charge in [-0.05, 0) is 71.8 Å². The molecule has 5 N–H and O–H groups in total. The number of nitrogens with one attached hydrogen (secondary N) is 2. The van der Waals surface area contributed by atoms with E-state index in [1.807, 2.05) is 13.1 Å². The zero-order valence-corrected chi connectivity index (χ0v) is 45.7. The number of esters is 1. The first-order valence-corrected chi connectivity index (χ1v) is 31.8. The molecule has 1 aromatic carbocycles. The second kappa shape index (κ2) is 18.8. The lowest BCUT2D eigenvalue weighted by atomic mass is 10.1. The maximum Gasteiger partial charge on any atom is 0.338 e. The van der Waals surface area contributed by atoms with E-state index in [1.54, 1.807) is 55.1 Å². The van der Waals surface area contributed by atoms with Crippen LogP contribution in [0.2, 0.25) is 41.5 Å². The van der Waals surface area contributed by atoms with Crippen molar-refractivity contribution in [3.63, 3.8) is 0 Å². The van der Waals surface area contributed by atoms with Crippen LogP contribution in [0.3, 0.4) is 0 Å². The first-order valence-electron chi connectivity index (χ1n) is 23.0. The topological polar surface area (TPSA) is 264 Å². The maximum atomic E-state index is 14.0. The van der Waals surface area contributed by atoms with E-state index in [-0.39, 0.29) is 62.3 Å². The van der Waals surface area contributed by atoms with Crippen molar-refractivity contribution >= 4 is 92.7 Å². The van der Waals surface area contributed by atoms with Gasteiger partial charge in [-0.15, -0.1) is 0 Å². The number of carbonyl (C=O) groups excluding carboxylic acids is 2. The number of nitrogens with zero attached hydrogens (tertiary/aromatic N) is 7. The van der Waals surface area contributed by atoms with E-state index in [0.717, 1.165) is 0 Å². The number of imidazole rings is 2. The fraction of sp³-hybridized carbons (Fsp3) is 0.591. The van der Waals surface area contributed by atoms with Gasteiger partial charge in [-0.3, -0.25) is 29.0 Å². The van der Waals surface area contributed by atoms with Crippen LogP contribution in [0, 0.1) is 11.8 Å². The summed E-state index contributed by atoms with van der Waals surface area (Å²) in [5, 5.41) is 2.11. The highest BCUT2D eigenvalue weighted by Crippen LogP contribution is 2.64. The zero-order chi connectivity index (χ0) is 51.1. The second-order valence-electron chi connectivity index (χ2n) is 21.4. The van der Waals surface area contributed by atoms with Gasteiger partial charge >= 0.3 is 12.7 Å². The van der Waals surface area contributed by atoms with E-state index in [2.05, 4.69) is 89.9 Å². The zero-order valence-electron chi connectivity index (χ0n) is 41.3. The summed E-state index contributed by atoms with van der Waals surface area (Å²) < 4.78 is 49.7. The molecule has 5 aromatic rings. The van der Waals surface area contributed by atoms with Gasteiger partial charge in [0.25, 0.3) is 5.56 Å². The van der Waals surface area contributed by atoms with Gasteiger partial charge in [0.05, 0.1) is 31.4 Å². The minimum Gasteiger partial charge on any atom is -0.451 e. The van der Waals surface area contributed by atoms with Crippen LogP contribution in [0.5, 0.6) is 0 Å². The van der Waals surface area contributed by atoms with Crippen molar-refractivity contribution in [2.45, 2.75) is 141 Å². The number of H-pyrrole nitrogens is 1. The predicted octanol–water partition coefficient (Wildman–Crippen LogP) is 7.01. The number of aromatic nitrogens is 8. The van der Waals surface area contributed by atoms with Crippen molar-refractivity contribution in [3.8, 4) is 0 Å². The van der Waals surface area contributed by atoms with E-state index in [0.29, 0.717) is 17.6 Å². The number of carbonyl (C=O) groups is 2. The average molecular weight is 1060 g/mol. The standard InChI is InChI=1S/C44H62ClN10O11PSSi2/c1-23(2)36(56)52-41-51-34-29(37(57)53-41)47-21-54(34)38-32(63-39(58)24-16-14-13-15-17-24)31(66-70(11,12)43(6,7)8)26(62-38)19-60-67(59,68)65-30-25-18-44(25,64-27(30)20-61-69(9,10)42(3,4)5)55-22-48-28-33(46)49-40(45)50-35(28)55/h13-17,21-23,25-27,30-32,38H,18-20H2,1-12H3,(H,59,68)(H2,46,49,50)(H2,51,52,53,56,57)/t25?,26-,27-,30?,31?,32?,38-,44?,67?/m1/s1. The van der Waals surface area contributed by atoms with Crippen LogP contribution in [0.1, 0.15) is 78.4 Å². The molecule has 4 aromatic heterocycles. The molecule has 6 heterocycles. The number of rotatable bonds is 16. The summed E-state index contributed by atoms with van der Waals surface area (Å²) in [6, 6.07) is 8.44. The van der Waals surface area contributed by atoms with Gasteiger partial charge in [0.1, 0.15) is 29.9 Å². The summed E-state index contributed by atoms with van der Waals surface area (Å²) in [6.45, 7) is 19.9. The normalized spacial score (nSPS) is 25.9. The molecular formula is C44H62ClN10O11PSSi2. The molecule has 0 bridgehead atoms. The minimum atomic E-state index is -4.20. The number of hydrogen-bond donors (Lipinski definition) is 4. The number of benzene rings is 1. The smallest absolute Gasteiger partial charge is 0.338 e. The third kappa shape index (κ3) is 10.2. The number of amides is 1. The molecule has 6 unspecified atom stereocenters. The second-order valence-corrected chi connectivity index (χ2v) is 34.1. The number of nitrogens with two attached hydrogens (primary N) is 1. The summed E-state index contributed by atoms with van der Waals surface area (Å²) >= 11 is 12.1. The molecule has 26 heteroatoms. The lowest BCUT2D eigenvalue weighted by Crippen LogP contribution is -2.50. The Labute approximate surface area is 417 Å². The van der Waals surface area contributed by atoms with Gasteiger partial charge in [-0.25, -0.2) is 14.8 Å². The van der Waals surface area contributed by atoms with Gasteiger partial charge in [-0.1, -0.05) is 73.6 Å². The van der Waals surface area contributed by atoms with Crippen LogP contribution in [0.4, 0.5) is 11.8 Å². The Hall–Kier alpha value is -4.05. The van der Waals surface area contributed by atoms with Crippen molar-refractivity contribution < 1.29 is 46.6 Å². The van der Waals surface area contributed by atoms with Crippen LogP contribution in [-0.4, -0.2) is 116 Å². The molecule has 1 saturated carbocycles. The fourth-order valence-corrected chi connectivity index (χ4v) is 12.0. The number of aromatic amines is 1. The van der Waals surface area contributed by atoms with Crippen molar-refractivity contribution in [2.75, 3.05) is 24.3 Å². The summed E-state index contributed by atoms with van der Waals surface area (Å²) in [6.07, 6.45) is -2.76. The van der Waals surface area contributed by atoms with Gasteiger partial charge in [0, 0.05) is 18.3 Å². The third-order valence-corrected chi connectivity index (χ3v) is 24.9. The average Bonchev–Trinajstić information content (AvgIpc) is 3.59. The van der Waals surface area contributed by atoms with Crippen molar-refractivity contribution in [3.05, 3.63) is 64.2 Å². The molecule has 8 rings (SSSR count). The lowest BCUT2D eigenvalue weighted by Gasteiger charge is -2.40. The molecule has 380 valence electrons. The molecule has 3 fully saturated rings. The molecule has 9 atom stereocenters. The Bertz CT molecular complexity index is 2910. The highest BCUT2D eigenvalue weighted by atomic mass is 35.5. The molecule has 0 radical (unpaired) electrons. The van der Waals surface area contributed by atoms with Crippen LogP contribution >= 0.6 is 18.3 Å². The molecule has 2 aliphatic heterocycles. The predicted molar refractivity (Wildman–Crippen MR) is 269 cm³/mol. The molecule has 1 amide bonds. The van der Waals surface area contributed by atoms with E-state index < -0.39 is 89.9 Å². The van der Waals surface area contributed by atoms with Crippen molar-refractivity contribution in [1.29, 1.82) is 0 Å². The van der Waals surface area contributed by atoms with E-state index in [9.17, 15) is 19.3 Å². The highest BCUT2D eigenvalue weighted by molar-refractivity contribution is 8.07.